The number of carbonyl (C=O) groups is 2. The van der Waals surface area contributed by atoms with Crippen LogP contribution in [0.3, 0.4) is 0 Å². The van der Waals surface area contributed by atoms with Crippen LogP contribution in [0.1, 0.15) is 40.0 Å². The molecule has 2 rings (SSSR count). The molecule has 2 amide bonds. The fourth-order valence-electron chi connectivity index (χ4n) is 3.52. The van der Waals surface area contributed by atoms with Crippen LogP contribution in [0.2, 0.25) is 0 Å². The van der Waals surface area contributed by atoms with Crippen LogP contribution in [-0.2, 0) is 9.59 Å². The molecule has 2 saturated heterocycles. The monoisotopic (exact) mass is 346 g/mol. The molecule has 2 fully saturated rings. The van der Waals surface area contributed by atoms with E-state index in [0.29, 0.717) is 13.1 Å². The van der Waals surface area contributed by atoms with Gasteiger partial charge >= 0.3 is 0 Å². The number of amides is 2. The molecule has 0 aliphatic carbocycles. The number of hydrogen-bond donors (Lipinski definition) is 2. The lowest BCUT2D eigenvalue weighted by molar-refractivity contribution is -0.135. The van der Waals surface area contributed by atoms with Crippen LogP contribution in [0.25, 0.3) is 0 Å². The predicted molar refractivity (Wildman–Crippen MR) is 93.5 cm³/mol. The zero-order valence-corrected chi connectivity index (χ0v) is 15.3. The van der Waals surface area contributed by atoms with Crippen molar-refractivity contribution in [3.63, 3.8) is 0 Å². The Morgan fingerprint density at radius 1 is 1.26 bits per heavy atom. The lowest BCUT2D eigenvalue weighted by Gasteiger charge is -2.43. The summed E-state index contributed by atoms with van der Waals surface area (Å²) in [5, 5.41) is 2.93. The maximum Gasteiger partial charge on any atom is 0.236 e. The molecule has 0 aromatic carbocycles. The molecular formula is C16H31ClN4O2. The Hall–Kier alpha value is -0.850. The molecule has 2 aliphatic rings. The van der Waals surface area contributed by atoms with Gasteiger partial charge in [-0.25, -0.2) is 0 Å². The lowest BCUT2D eigenvalue weighted by Crippen LogP contribution is -2.56. The normalized spacial score (nSPS) is 27.9. The summed E-state index contributed by atoms with van der Waals surface area (Å²) in [7, 11) is 0. The smallest absolute Gasteiger partial charge is 0.236 e. The highest BCUT2D eigenvalue weighted by Gasteiger charge is 2.35. The van der Waals surface area contributed by atoms with Gasteiger partial charge in [-0.1, -0.05) is 13.8 Å². The van der Waals surface area contributed by atoms with E-state index in [2.05, 4.69) is 24.1 Å². The molecule has 0 radical (unpaired) electrons. The third kappa shape index (κ3) is 5.62. The van der Waals surface area contributed by atoms with Crippen molar-refractivity contribution in [2.45, 2.75) is 52.1 Å². The van der Waals surface area contributed by atoms with Gasteiger partial charge in [-0.2, -0.15) is 0 Å². The molecule has 23 heavy (non-hydrogen) atoms. The van der Waals surface area contributed by atoms with E-state index < -0.39 is 0 Å². The molecule has 2 aliphatic heterocycles. The van der Waals surface area contributed by atoms with Crippen LogP contribution in [0.5, 0.6) is 0 Å². The van der Waals surface area contributed by atoms with Crippen LogP contribution in [0.4, 0.5) is 0 Å². The first-order valence-electron chi connectivity index (χ1n) is 8.31. The number of nitrogens with zero attached hydrogens (tertiary/aromatic N) is 2. The van der Waals surface area contributed by atoms with Gasteiger partial charge in [0, 0.05) is 45.2 Å². The van der Waals surface area contributed by atoms with Crippen molar-refractivity contribution < 1.29 is 9.59 Å². The first-order valence-corrected chi connectivity index (χ1v) is 8.31. The van der Waals surface area contributed by atoms with Crippen molar-refractivity contribution in [3.05, 3.63) is 0 Å². The highest BCUT2D eigenvalue weighted by atomic mass is 35.5. The molecule has 2 heterocycles. The number of likely N-dealkylation sites (tertiary alicyclic amines) is 2. The molecule has 0 bridgehead atoms. The molecule has 0 saturated carbocycles. The minimum atomic E-state index is -0.0222. The van der Waals surface area contributed by atoms with Crippen LogP contribution in [-0.4, -0.2) is 66.4 Å². The summed E-state index contributed by atoms with van der Waals surface area (Å²) in [5.74, 6) is 0.146. The van der Waals surface area contributed by atoms with Crippen molar-refractivity contribution in [2.24, 2.45) is 11.1 Å². The number of hydrogen-bond acceptors (Lipinski definition) is 4. The Balaban J connectivity index is 0.00000264. The number of carbonyl (C=O) groups excluding carboxylic acids is 2. The van der Waals surface area contributed by atoms with Crippen LogP contribution >= 0.6 is 12.4 Å². The van der Waals surface area contributed by atoms with E-state index in [1.54, 1.807) is 0 Å². The summed E-state index contributed by atoms with van der Waals surface area (Å²) >= 11 is 0. The SMILES string of the molecule is CC(=O)NC1CCCN(C(=O)CN2CCC(N)C(C)(C)C2)C1.Cl. The molecule has 3 N–H and O–H groups in total. The minimum Gasteiger partial charge on any atom is -0.352 e. The van der Waals surface area contributed by atoms with E-state index in [9.17, 15) is 9.59 Å². The fraction of sp³-hybridized carbons (Fsp3) is 0.875. The second-order valence-electron chi connectivity index (χ2n) is 7.47. The largest absolute Gasteiger partial charge is 0.352 e. The summed E-state index contributed by atoms with van der Waals surface area (Å²) in [6.45, 7) is 9.51. The zero-order valence-electron chi connectivity index (χ0n) is 14.5. The summed E-state index contributed by atoms with van der Waals surface area (Å²) in [4.78, 5) is 27.8. The van der Waals surface area contributed by atoms with E-state index >= 15 is 0 Å². The summed E-state index contributed by atoms with van der Waals surface area (Å²) in [5.41, 5.74) is 6.21. The highest BCUT2D eigenvalue weighted by molar-refractivity contribution is 5.85. The van der Waals surface area contributed by atoms with Gasteiger partial charge in [-0.15, -0.1) is 12.4 Å². The van der Waals surface area contributed by atoms with Crippen LogP contribution < -0.4 is 11.1 Å². The first-order chi connectivity index (χ1) is 10.3. The van der Waals surface area contributed by atoms with Gasteiger partial charge in [-0.05, 0) is 24.7 Å². The van der Waals surface area contributed by atoms with Gasteiger partial charge in [-0.3, -0.25) is 14.5 Å². The Morgan fingerprint density at radius 3 is 2.57 bits per heavy atom. The van der Waals surface area contributed by atoms with Crippen LogP contribution in [0.15, 0.2) is 0 Å². The number of nitrogens with one attached hydrogen (secondary N) is 1. The second-order valence-corrected chi connectivity index (χ2v) is 7.47. The van der Waals surface area contributed by atoms with Crippen molar-refractivity contribution in [1.29, 1.82) is 0 Å². The van der Waals surface area contributed by atoms with Gasteiger partial charge in [0.2, 0.25) is 11.8 Å². The quantitative estimate of drug-likeness (QED) is 0.784. The van der Waals surface area contributed by atoms with Gasteiger partial charge in [0.05, 0.1) is 6.54 Å². The first kappa shape index (κ1) is 20.2. The van der Waals surface area contributed by atoms with Gasteiger partial charge in [0.15, 0.2) is 0 Å². The highest BCUT2D eigenvalue weighted by Crippen LogP contribution is 2.27. The minimum absolute atomic E-state index is 0. The third-order valence-electron chi connectivity index (χ3n) is 4.93. The number of nitrogens with two attached hydrogens (primary N) is 1. The Labute approximate surface area is 145 Å². The van der Waals surface area contributed by atoms with Crippen molar-refractivity contribution in [1.82, 2.24) is 15.1 Å². The number of piperidine rings is 2. The third-order valence-corrected chi connectivity index (χ3v) is 4.93. The summed E-state index contributed by atoms with van der Waals surface area (Å²) in [6.07, 6.45) is 2.84. The molecule has 134 valence electrons. The van der Waals surface area contributed by atoms with Gasteiger partial charge < -0.3 is 16.0 Å². The second kappa shape index (κ2) is 8.31. The molecule has 0 spiro atoms. The van der Waals surface area contributed by atoms with E-state index in [4.69, 9.17) is 5.73 Å². The molecule has 7 heteroatoms. The van der Waals surface area contributed by atoms with Crippen molar-refractivity contribution in [3.8, 4) is 0 Å². The van der Waals surface area contributed by atoms with E-state index in [1.807, 2.05) is 4.90 Å². The van der Waals surface area contributed by atoms with Gasteiger partial charge in [0.1, 0.15) is 0 Å². The molecular weight excluding hydrogens is 316 g/mol. The predicted octanol–water partition coefficient (Wildman–Crippen LogP) is 0.595. The standard InChI is InChI=1S/C16H30N4O2.ClH/c1-12(21)18-13-5-4-7-20(9-13)15(22)10-19-8-6-14(17)16(2,3)11-19;/h13-14H,4-11,17H2,1-3H3,(H,18,21);1H. The van der Waals surface area contributed by atoms with E-state index in [0.717, 1.165) is 38.9 Å². The maximum absolute atomic E-state index is 12.5. The molecule has 2 unspecified atom stereocenters. The number of halogens is 1. The topological polar surface area (TPSA) is 78.7 Å². The molecule has 2 atom stereocenters. The average molecular weight is 347 g/mol. The Kier molecular flexibility index (Phi) is 7.29. The lowest BCUT2D eigenvalue weighted by atomic mass is 9.80. The summed E-state index contributed by atoms with van der Waals surface area (Å²) < 4.78 is 0. The van der Waals surface area contributed by atoms with Crippen LogP contribution in [0, 0.1) is 5.41 Å². The average Bonchev–Trinajstić information content (AvgIpc) is 2.42. The fourth-order valence-corrected chi connectivity index (χ4v) is 3.52. The van der Waals surface area contributed by atoms with E-state index in [-0.39, 0.29) is 41.7 Å². The van der Waals surface area contributed by atoms with Gasteiger partial charge in [0.25, 0.3) is 0 Å². The van der Waals surface area contributed by atoms with Crippen molar-refractivity contribution in [2.75, 3.05) is 32.7 Å². The zero-order chi connectivity index (χ0) is 16.3. The Morgan fingerprint density at radius 2 is 1.96 bits per heavy atom. The maximum atomic E-state index is 12.5. The summed E-state index contributed by atoms with van der Waals surface area (Å²) in [6, 6.07) is 0.305. The van der Waals surface area contributed by atoms with E-state index in [1.165, 1.54) is 6.92 Å². The molecule has 6 nitrogen and oxygen atoms in total. The molecule has 0 aromatic rings. The Bertz CT molecular complexity index is 430. The van der Waals surface area contributed by atoms with Crippen molar-refractivity contribution >= 4 is 24.2 Å². The molecule has 0 aromatic heterocycles. The number of rotatable bonds is 3.